The molecule has 0 heterocycles. The zero-order valence-corrected chi connectivity index (χ0v) is 12.6. The first-order valence-electron chi connectivity index (χ1n) is 7.05. The average Bonchev–Trinajstić information content (AvgIpc) is 2.36. The van der Waals surface area contributed by atoms with E-state index in [1.54, 1.807) is 19.2 Å². The number of nitrogens with one attached hydrogen (secondary N) is 2. The Morgan fingerprint density at radius 2 is 1.71 bits per heavy atom. The van der Waals surface area contributed by atoms with Gasteiger partial charge in [0.25, 0.3) is 5.66 Å². The fourth-order valence-electron chi connectivity index (χ4n) is 1.64. The first-order valence-corrected chi connectivity index (χ1v) is 7.05. The topological polar surface area (TPSA) is 67.4 Å². The first kappa shape index (κ1) is 19.7. The van der Waals surface area contributed by atoms with Crippen molar-refractivity contribution in [1.82, 2.24) is 10.6 Å². The van der Waals surface area contributed by atoms with E-state index in [9.17, 15) is 22.8 Å². The van der Waals surface area contributed by atoms with E-state index in [0.717, 1.165) is 0 Å². The van der Waals surface area contributed by atoms with Gasteiger partial charge in [-0.15, -0.1) is 0 Å². The monoisotopic (exact) mass is 312 g/mol. The Hall–Kier alpha value is -1.31. The highest BCUT2D eigenvalue weighted by Crippen LogP contribution is 2.30. The number of amides is 1. The SMILES string of the molecule is CCCCNC(NC(=O)CCC)(C(=O)OCC)C(F)(F)F. The second kappa shape index (κ2) is 8.86. The summed E-state index contributed by atoms with van der Waals surface area (Å²) in [6.45, 7) is 4.58. The van der Waals surface area contributed by atoms with Crippen LogP contribution in [0, 0.1) is 0 Å². The van der Waals surface area contributed by atoms with Gasteiger partial charge < -0.3 is 10.1 Å². The van der Waals surface area contributed by atoms with E-state index in [1.165, 1.54) is 6.92 Å². The molecule has 0 aliphatic carbocycles. The third-order valence-electron chi connectivity index (χ3n) is 2.73. The Kier molecular flexibility index (Phi) is 8.31. The molecule has 0 saturated heterocycles. The molecule has 0 radical (unpaired) electrons. The van der Waals surface area contributed by atoms with Crippen molar-refractivity contribution in [2.45, 2.75) is 58.3 Å². The lowest BCUT2D eigenvalue weighted by Crippen LogP contribution is -2.72. The third kappa shape index (κ3) is 5.53. The van der Waals surface area contributed by atoms with Crippen molar-refractivity contribution >= 4 is 11.9 Å². The van der Waals surface area contributed by atoms with Crippen LogP contribution in [-0.2, 0) is 14.3 Å². The van der Waals surface area contributed by atoms with Crippen LogP contribution >= 0.6 is 0 Å². The van der Waals surface area contributed by atoms with Gasteiger partial charge in [0, 0.05) is 6.42 Å². The molecule has 0 bridgehead atoms. The molecule has 0 aliphatic rings. The highest BCUT2D eigenvalue weighted by atomic mass is 19.4. The number of ether oxygens (including phenoxy) is 1. The summed E-state index contributed by atoms with van der Waals surface area (Å²) < 4.78 is 44.7. The second-order valence-electron chi connectivity index (χ2n) is 4.55. The van der Waals surface area contributed by atoms with E-state index in [-0.39, 0.29) is 19.6 Å². The van der Waals surface area contributed by atoms with E-state index in [1.807, 2.05) is 0 Å². The largest absolute Gasteiger partial charge is 0.463 e. The van der Waals surface area contributed by atoms with Crippen molar-refractivity contribution in [3.05, 3.63) is 0 Å². The van der Waals surface area contributed by atoms with Crippen LogP contribution in [-0.4, -0.2) is 36.9 Å². The van der Waals surface area contributed by atoms with E-state index < -0.39 is 23.7 Å². The molecular formula is C13H23F3N2O3. The molecule has 8 heteroatoms. The summed E-state index contributed by atoms with van der Waals surface area (Å²) in [5.41, 5.74) is -3.19. The number of alkyl halides is 3. The van der Waals surface area contributed by atoms with E-state index in [0.29, 0.717) is 19.3 Å². The molecule has 0 aromatic rings. The van der Waals surface area contributed by atoms with Gasteiger partial charge in [0.2, 0.25) is 5.91 Å². The molecule has 2 N–H and O–H groups in total. The Morgan fingerprint density at radius 3 is 2.14 bits per heavy atom. The molecular weight excluding hydrogens is 289 g/mol. The summed E-state index contributed by atoms with van der Waals surface area (Å²) in [5.74, 6) is -2.40. The van der Waals surface area contributed by atoms with Crippen LogP contribution in [0.5, 0.6) is 0 Å². The maximum absolute atomic E-state index is 13.4. The number of rotatable bonds is 9. The summed E-state index contributed by atoms with van der Waals surface area (Å²) in [7, 11) is 0. The number of carbonyl (C=O) groups excluding carboxylic acids is 2. The number of carbonyl (C=O) groups is 2. The number of esters is 1. The molecule has 124 valence electrons. The van der Waals surface area contributed by atoms with Crippen molar-refractivity contribution < 1.29 is 27.5 Å². The maximum atomic E-state index is 13.4. The van der Waals surface area contributed by atoms with Crippen LogP contribution in [0.1, 0.15) is 46.5 Å². The maximum Gasteiger partial charge on any atom is 0.436 e. The summed E-state index contributed by atoms with van der Waals surface area (Å²) in [6.07, 6.45) is -3.66. The lowest BCUT2D eigenvalue weighted by atomic mass is 10.1. The van der Waals surface area contributed by atoms with Gasteiger partial charge in [-0.1, -0.05) is 20.3 Å². The Bertz CT molecular complexity index is 348. The molecule has 21 heavy (non-hydrogen) atoms. The van der Waals surface area contributed by atoms with E-state index >= 15 is 0 Å². The van der Waals surface area contributed by atoms with Crippen molar-refractivity contribution in [3.8, 4) is 0 Å². The fraction of sp³-hybridized carbons (Fsp3) is 0.846. The zero-order chi connectivity index (χ0) is 16.5. The molecule has 0 rings (SSSR count). The summed E-state index contributed by atoms with van der Waals surface area (Å²) in [6, 6.07) is 0. The Morgan fingerprint density at radius 1 is 1.10 bits per heavy atom. The van der Waals surface area contributed by atoms with Crippen LogP contribution in [0.2, 0.25) is 0 Å². The van der Waals surface area contributed by atoms with Crippen molar-refractivity contribution in [2.24, 2.45) is 0 Å². The van der Waals surface area contributed by atoms with Crippen molar-refractivity contribution in [2.75, 3.05) is 13.2 Å². The number of unbranched alkanes of at least 4 members (excludes halogenated alkanes) is 1. The third-order valence-corrected chi connectivity index (χ3v) is 2.73. The first-order chi connectivity index (χ1) is 9.75. The lowest BCUT2D eigenvalue weighted by Gasteiger charge is -2.34. The van der Waals surface area contributed by atoms with Gasteiger partial charge in [0.15, 0.2) is 0 Å². The van der Waals surface area contributed by atoms with Crippen molar-refractivity contribution in [3.63, 3.8) is 0 Å². The van der Waals surface area contributed by atoms with Gasteiger partial charge in [0.1, 0.15) is 0 Å². The molecule has 0 aromatic heterocycles. The Balaban J connectivity index is 5.40. The average molecular weight is 312 g/mol. The zero-order valence-electron chi connectivity index (χ0n) is 12.6. The molecule has 1 amide bonds. The second-order valence-corrected chi connectivity index (χ2v) is 4.55. The lowest BCUT2D eigenvalue weighted by molar-refractivity contribution is -0.221. The summed E-state index contributed by atoms with van der Waals surface area (Å²) >= 11 is 0. The summed E-state index contributed by atoms with van der Waals surface area (Å²) in [5, 5.41) is 3.88. The van der Waals surface area contributed by atoms with Gasteiger partial charge in [0.05, 0.1) is 6.61 Å². The van der Waals surface area contributed by atoms with Gasteiger partial charge in [-0.3, -0.25) is 10.1 Å². The van der Waals surface area contributed by atoms with E-state index in [4.69, 9.17) is 0 Å². The minimum absolute atomic E-state index is 0.0682. The highest BCUT2D eigenvalue weighted by Gasteiger charge is 2.62. The normalized spacial score (nSPS) is 14.4. The molecule has 0 spiro atoms. The molecule has 0 fully saturated rings. The standard InChI is InChI=1S/C13H23F3N2O3/c1-4-7-9-17-12(13(14,15)16,11(20)21-6-3)18-10(19)8-5-2/h17H,4-9H2,1-3H3,(H,18,19). The van der Waals surface area contributed by atoms with Gasteiger partial charge in [-0.05, 0) is 26.3 Å². The predicted molar refractivity (Wildman–Crippen MR) is 71.4 cm³/mol. The van der Waals surface area contributed by atoms with Gasteiger partial charge in [-0.2, -0.15) is 13.2 Å². The quantitative estimate of drug-likeness (QED) is 0.389. The van der Waals surface area contributed by atoms with Crippen LogP contribution in [0.4, 0.5) is 13.2 Å². The molecule has 5 nitrogen and oxygen atoms in total. The van der Waals surface area contributed by atoms with Crippen molar-refractivity contribution in [1.29, 1.82) is 0 Å². The minimum Gasteiger partial charge on any atom is -0.463 e. The van der Waals surface area contributed by atoms with Gasteiger partial charge in [-0.25, -0.2) is 4.79 Å². The smallest absolute Gasteiger partial charge is 0.436 e. The van der Waals surface area contributed by atoms with Crippen LogP contribution in [0.15, 0.2) is 0 Å². The number of hydrogen-bond acceptors (Lipinski definition) is 4. The summed E-state index contributed by atoms with van der Waals surface area (Å²) in [4.78, 5) is 23.4. The molecule has 1 atom stereocenters. The van der Waals surface area contributed by atoms with Crippen LogP contribution < -0.4 is 10.6 Å². The minimum atomic E-state index is -5.00. The number of hydrogen-bond donors (Lipinski definition) is 2. The number of halogens is 3. The van der Waals surface area contributed by atoms with E-state index in [2.05, 4.69) is 10.1 Å². The van der Waals surface area contributed by atoms with Crippen LogP contribution in [0.25, 0.3) is 0 Å². The van der Waals surface area contributed by atoms with Gasteiger partial charge >= 0.3 is 12.1 Å². The molecule has 0 saturated carbocycles. The highest BCUT2D eigenvalue weighted by molar-refractivity contribution is 5.88. The fourth-order valence-corrected chi connectivity index (χ4v) is 1.64. The predicted octanol–water partition coefficient (Wildman–Crippen LogP) is 2.11. The molecule has 0 aliphatic heterocycles. The molecule has 1 unspecified atom stereocenters. The van der Waals surface area contributed by atoms with Crippen LogP contribution in [0.3, 0.4) is 0 Å². The Labute approximate surface area is 122 Å². The molecule has 0 aromatic carbocycles.